The molecule has 1 saturated heterocycles. The number of amides is 1. The lowest BCUT2D eigenvalue weighted by Gasteiger charge is -2.27. The second kappa shape index (κ2) is 10.3. The summed E-state index contributed by atoms with van der Waals surface area (Å²) >= 11 is 12.3. The fourth-order valence-corrected chi connectivity index (χ4v) is 4.12. The molecule has 8 heteroatoms. The van der Waals surface area contributed by atoms with Crippen molar-refractivity contribution < 1.29 is 14.7 Å². The number of carbonyl (C=O) groups excluding carboxylic acids is 2. The van der Waals surface area contributed by atoms with Gasteiger partial charge in [-0.05, 0) is 55.9 Å². The molecule has 0 saturated carbocycles. The van der Waals surface area contributed by atoms with Crippen molar-refractivity contribution in [2.75, 3.05) is 26.2 Å². The number of carbonyl (C=O) groups is 2. The van der Waals surface area contributed by atoms with Crippen LogP contribution in [0.2, 0.25) is 10.0 Å². The smallest absolute Gasteiger partial charge is 0.295 e. The average Bonchev–Trinajstić information content (AvgIpc) is 3.03. The van der Waals surface area contributed by atoms with Crippen LogP contribution in [0.4, 0.5) is 0 Å². The number of likely N-dealkylation sites (tertiary alicyclic amines) is 1. The number of hydrogen-bond donors (Lipinski definition) is 1. The first-order valence-corrected chi connectivity index (χ1v) is 11.0. The predicted octanol–water partition coefficient (Wildman–Crippen LogP) is 4.54. The Kier molecular flexibility index (Phi) is 7.70. The van der Waals surface area contributed by atoms with Crippen LogP contribution in [0.15, 0.2) is 48.3 Å². The van der Waals surface area contributed by atoms with Gasteiger partial charge in [-0.3, -0.25) is 14.6 Å². The van der Waals surface area contributed by atoms with E-state index in [0.29, 0.717) is 34.1 Å². The van der Waals surface area contributed by atoms with Crippen molar-refractivity contribution >= 4 is 40.7 Å². The third kappa shape index (κ3) is 4.92. The van der Waals surface area contributed by atoms with Crippen LogP contribution in [0.25, 0.3) is 5.76 Å². The number of rotatable bonds is 8. The Labute approximate surface area is 192 Å². The lowest BCUT2D eigenvalue weighted by atomic mass is 9.95. The molecule has 0 spiro atoms. The number of benzene rings is 1. The maximum absolute atomic E-state index is 13.0. The molecule has 1 amide bonds. The normalized spacial score (nSPS) is 18.2. The maximum Gasteiger partial charge on any atom is 0.295 e. The van der Waals surface area contributed by atoms with Crippen molar-refractivity contribution in [1.29, 1.82) is 0 Å². The molecule has 3 rings (SSSR count). The molecule has 164 valence electrons. The number of aliphatic hydroxyl groups excluding tert-OH is 1. The summed E-state index contributed by atoms with van der Waals surface area (Å²) in [5.74, 6) is -1.58. The van der Waals surface area contributed by atoms with Crippen molar-refractivity contribution in [3.63, 3.8) is 0 Å². The molecule has 31 heavy (non-hydrogen) atoms. The first kappa shape index (κ1) is 23.3. The van der Waals surface area contributed by atoms with E-state index < -0.39 is 17.7 Å². The predicted molar refractivity (Wildman–Crippen MR) is 122 cm³/mol. The molecule has 1 unspecified atom stereocenters. The van der Waals surface area contributed by atoms with Gasteiger partial charge < -0.3 is 14.9 Å². The minimum absolute atomic E-state index is 0.0393. The molecule has 0 bridgehead atoms. The fraction of sp³-hybridized carbons (Fsp3) is 0.348. The van der Waals surface area contributed by atoms with Crippen molar-refractivity contribution in [3.05, 3.63) is 69.5 Å². The van der Waals surface area contributed by atoms with E-state index in [-0.39, 0.29) is 11.3 Å². The van der Waals surface area contributed by atoms with E-state index in [1.54, 1.807) is 30.3 Å². The number of pyridine rings is 1. The first-order valence-electron chi connectivity index (χ1n) is 10.2. The van der Waals surface area contributed by atoms with E-state index >= 15 is 0 Å². The molecule has 1 fully saturated rings. The zero-order valence-electron chi connectivity index (χ0n) is 17.5. The van der Waals surface area contributed by atoms with Crippen LogP contribution in [-0.4, -0.2) is 57.8 Å². The molecular weight excluding hydrogens is 437 g/mol. The Bertz CT molecular complexity index is 991. The Morgan fingerprint density at radius 3 is 2.39 bits per heavy atom. The van der Waals surface area contributed by atoms with Gasteiger partial charge in [0.1, 0.15) is 5.76 Å². The second-order valence-electron chi connectivity index (χ2n) is 7.28. The number of aliphatic hydroxyl groups is 1. The van der Waals surface area contributed by atoms with Crippen LogP contribution in [0.1, 0.15) is 37.4 Å². The van der Waals surface area contributed by atoms with E-state index in [0.717, 1.165) is 19.6 Å². The van der Waals surface area contributed by atoms with Gasteiger partial charge in [0, 0.05) is 24.5 Å². The molecule has 1 aromatic heterocycles. The van der Waals surface area contributed by atoms with E-state index in [1.165, 1.54) is 17.3 Å². The SMILES string of the molecule is CCN(CC)CCCN1C(=O)C(=O)/C(=C(/O)c2ccncc2)C1c1ccc(Cl)c(Cl)c1. The van der Waals surface area contributed by atoms with E-state index in [9.17, 15) is 14.7 Å². The fourth-order valence-electron chi connectivity index (χ4n) is 3.81. The van der Waals surface area contributed by atoms with Gasteiger partial charge in [0.2, 0.25) is 0 Å². The zero-order valence-corrected chi connectivity index (χ0v) is 19.0. The number of Topliss-reactive ketones (excluding diaryl/α,β-unsaturated/α-hetero) is 1. The summed E-state index contributed by atoms with van der Waals surface area (Å²) in [7, 11) is 0. The average molecular weight is 462 g/mol. The Hall–Kier alpha value is -2.41. The first-order chi connectivity index (χ1) is 14.9. The highest BCUT2D eigenvalue weighted by atomic mass is 35.5. The van der Waals surface area contributed by atoms with Crippen molar-refractivity contribution in [3.8, 4) is 0 Å². The van der Waals surface area contributed by atoms with Gasteiger partial charge in [0.15, 0.2) is 0 Å². The molecule has 1 aromatic carbocycles. The van der Waals surface area contributed by atoms with Crippen LogP contribution in [0.3, 0.4) is 0 Å². The molecule has 1 atom stereocenters. The summed E-state index contributed by atoms with van der Waals surface area (Å²) in [4.78, 5) is 33.6. The molecule has 2 heterocycles. The van der Waals surface area contributed by atoms with Gasteiger partial charge in [-0.2, -0.15) is 0 Å². The Morgan fingerprint density at radius 2 is 1.77 bits per heavy atom. The molecule has 0 radical (unpaired) electrons. The summed E-state index contributed by atoms with van der Waals surface area (Å²) in [5.41, 5.74) is 1.07. The topological polar surface area (TPSA) is 73.7 Å². The van der Waals surface area contributed by atoms with Crippen LogP contribution in [0, 0.1) is 0 Å². The third-order valence-electron chi connectivity index (χ3n) is 5.52. The van der Waals surface area contributed by atoms with E-state index in [2.05, 4.69) is 23.7 Å². The van der Waals surface area contributed by atoms with E-state index in [4.69, 9.17) is 23.2 Å². The summed E-state index contributed by atoms with van der Waals surface area (Å²) in [5, 5.41) is 11.6. The molecule has 1 N–H and O–H groups in total. The lowest BCUT2D eigenvalue weighted by Crippen LogP contribution is -2.33. The van der Waals surface area contributed by atoms with Gasteiger partial charge in [-0.1, -0.05) is 43.1 Å². The summed E-state index contributed by atoms with van der Waals surface area (Å²) in [6, 6.07) is 7.42. The quantitative estimate of drug-likeness (QED) is 0.354. The monoisotopic (exact) mass is 461 g/mol. The largest absolute Gasteiger partial charge is 0.507 e. The van der Waals surface area contributed by atoms with Gasteiger partial charge >= 0.3 is 0 Å². The van der Waals surface area contributed by atoms with Crippen molar-refractivity contribution in [2.45, 2.75) is 26.3 Å². The molecular formula is C23H25Cl2N3O3. The standard InChI is InChI=1S/C23H25Cl2N3O3/c1-3-27(4-2)12-5-13-28-20(16-6-7-17(24)18(25)14-16)19(22(30)23(28)31)21(29)15-8-10-26-11-9-15/h6-11,14,20,29H,3-5,12-13H2,1-2H3/b21-19+. The van der Waals surface area contributed by atoms with Gasteiger partial charge in [0.25, 0.3) is 11.7 Å². The summed E-state index contributed by atoms with van der Waals surface area (Å²) < 4.78 is 0. The molecule has 6 nitrogen and oxygen atoms in total. The van der Waals surface area contributed by atoms with Gasteiger partial charge in [0.05, 0.1) is 21.7 Å². The van der Waals surface area contributed by atoms with Gasteiger partial charge in [-0.15, -0.1) is 0 Å². The van der Waals surface area contributed by atoms with Crippen LogP contribution >= 0.6 is 23.2 Å². The highest BCUT2D eigenvalue weighted by molar-refractivity contribution is 6.46. The van der Waals surface area contributed by atoms with Crippen LogP contribution in [-0.2, 0) is 9.59 Å². The molecule has 1 aliphatic rings. The number of halogens is 2. The van der Waals surface area contributed by atoms with Crippen LogP contribution < -0.4 is 0 Å². The van der Waals surface area contributed by atoms with Gasteiger partial charge in [-0.25, -0.2) is 0 Å². The van der Waals surface area contributed by atoms with E-state index in [1.807, 2.05) is 0 Å². The number of nitrogens with zero attached hydrogens (tertiary/aromatic N) is 3. The number of ketones is 1. The van der Waals surface area contributed by atoms with Crippen LogP contribution in [0.5, 0.6) is 0 Å². The summed E-state index contributed by atoms with van der Waals surface area (Å²) in [6.07, 6.45) is 3.73. The third-order valence-corrected chi connectivity index (χ3v) is 6.26. The highest BCUT2D eigenvalue weighted by Gasteiger charge is 2.45. The highest BCUT2D eigenvalue weighted by Crippen LogP contribution is 2.40. The number of aromatic nitrogens is 1. The molecule has 1 aliphatic heterocycles. The minimum atomic E-state index is -0.750. The molecule has 2 aromatic rings. The molecule has 0 aliphatic carbocycles. The number of hydrogen-bond acceptors (Lipinski definition) is 5. The Balaban J connectivity index is 2.04. The minimum Gasteiger partial charge on any atom is -0.507 e. The maximum atomic E-state index is 13.0. The summed E-state index contributed by atoms with van der Waals surface area (Å²) in [6.45, 7) is 7.16. The Morgan fingerprint density at radius 1 is 1.10 bits per heavy atom. The van der Waals surface area contributed by atoms with Crippen molar-refractivity contribution in [2.24, 2.45) is 0 Å². The second-order valence-corrected chi connectivity index (χ2v) is 8.10. The zero-order chi connectivity index (χ0) is 22.5. The van der Waals surface area contributed by atoms with Crippen molar-refractivity contribution in [1.82, 2.24) is 14.8 Å². The lowest BCUT2D eigenvalue weighted by molar-refractivity contribution is -0.140.